The Morgan fingerprint density at radius 3 is 2.21 bits per heavy atom. The van der Waals surface area contributed by atoms with Gasteiger partial charge in [-0.3, -0.25) is 4.79 Å². The monoisotopic (exact) mass is 222 g/mol. The van der Waals surface area contributed by atoms with E-state index in [-0.39, 0.29) is 11.7 Å². The fourth-order valence-corrected chi connectivity index (χ4v) is 1.62. The van der Waals surface area contributed by atoms with Gasteiger partial charge < -0.3 is 4.74 Å². The quantitative estimate of drug-likeness (QED) is 0.380. The lowest BCUT2D eigenvalue weighted by Gasteiger charge is -1.99. The average molecular weight is 222 g/mol. The van der Waals surface area contributed by atoms with Crippen molar-refractivity contribution in [1.82, 2.24) is 0 Å². The predicted octanol–water partition coefficient (Wildman–Crippen LogP) is 1.11. The third-order valence-corrected chi connectivity index (χ3v) is 2.63. The van der Waals surface area contributed by atoms with Gasteiger partial charge in [0.1, 0.15) is 10.7 Å². The molecular weight excluding hydrogens is 204 g/mol. The van der Waals surface area contributed by atoms with Gasteiger partial charge in [0, 0.05) is 12.2 Å². The van der Waals surface area contributed by atoms with Crippen molar-refractivity contribution >= 4 is 16.7 Å². The zero-order valence-electron chi connectivity index (χ0n) is 8.53. The van der Waals surface area contributed by atoms with Crippen molar-refractivity contribution in [2.75, 3.05) is 12.9 Å². The molecule has 0 saturated carbocycles. The highest BCUT2D eigenvalue weighted by molar-refractivity contribution is 7.72. The van der Waals surface area contributed by atoms with Crippen molar-refractivity contribution in [3.63, 3.8) is 0 Å². The van der Waals surface area contributed by atoms with Crippen LogP contribution in [0.3, 0.4) is 0 Å². The lowest BCUT2D eigenvalue weighted by Crippen LogP contribution is -1.99. The van der Waals surface area contributed by atoms with Crippen molar-refractivity contribution in [3.05, 3.63) is 0 Å². The van der Waals surface area contributed by atoms with Gasteiger partial charge in [0.2, 0.25) is 0 Å². The minimum Gasteiger partial charge on any atom is -0.469 e. The van der Waals surface area contributed by atoms with Gasteiger partial charge in [-0.15, -0.1) is 0 Å². The highest BCUT2D eigenvalue weighted by atomic mass is 32.2. The molecule has 0 spiro atoms. The van der Waals surface area contributed by atoms with E-state index in [1.165, 1.54) is 7.11 Å². The van der Waals surface area contributed by atoms with E-state index < -0.39 is 10.7 Å². The predicted molar refractivity (Wildman–Crippen MR) is 54.9 cm³/mol. The minimum absolute atomic E-state index is 0.173. The van der Waals surface area contributed by atoms with Crippen LogP contribution in [0.2, 0.25) is 0 Å². The van der Waals surface area contributed by atoms with E-state index >= 15 is 0 Å². The number of carbonyl (C=O) groups excluding carboxylic acids is 1. The largest absolute Gasteiger partial charge is 0.469 e. The Morgan fingerprint density at radius 1 is 1.07 bits per heavy atom. The van der Waals surface area contributed by atoms with Crippen molar-refractivity contribution in [3.8, 4) is 0 Å². The molecule has 0 heterocycles. The number of hydrogen-bond acceptors (Lipinski definition) is 4. The molecule has 0 bridgehead atoms. The molecular formula is C9H18O4S. The second-order valence-corrected chi connectivity index (χ2v) is 4.26. The average Bonchev–Trinajstić information content (AvgIpc) is 2.15. The molecule has 0 saturated heterocycles. The maximum atomic E-state index is 10.7. The maximum Gasteiger partial charge on any atom is 0.305 e. The normalized spacial score (nSPS) is 10.4. The van der Waals surface area contributed by atoms with Gasteiger partial charge in [0.15, 0.2) is 0 Å². The van der Waals surface area contributed by atoms with Crippen LogP contribution in [-0.2, 0) is 20.2 Å². The molecule has 0 aromatic rings. The maximum absolute atomic E-state index is 10.7. The smallest absolute Gasteiger partial charge is 0.305 e. The van der Waals surface area contributed by atoms with Crippen LogP contribution in [0.1, 0.15) is 38.5 Å². The molecule has 0 N–H and O–H groups in total. The molecule has 4 nitrogen and oxygen atoms in total. The number of unbranched alkanes of at least 4 members (excludes halogenated alkanes) is 4. The van der Waals surface area contributed by atoms with Gasteiger partial charge in [0.25, 0.3) is 0 Å². The van der Waals surface area contributed by atoms with Gasteiger partial charge in [0.05, 0.1) is 7.11 Å². The molecule has 0 amide bonds. The molecule has 0 fully saturated rings. The Kier molecular flexibility index (Phi) is 8.62. The Morgan fingerprint density at radius 2 is 1.64 bits per heavy atom. The van der Waals surface area contributed by atoms with Crippen LogP contribution in [0.5, 0.6) is 0 Å². The third-order valence-electron chi connectivity index (χ3n) is 1.95. The van der Waals surface area contributed by atoms with Crippen LogP contribution in [0.4, 0.5) is 0 Å². The van der Waals surface area contributed by atoms with Gasteiger partial charge in [-0.05, 0) is 12.8 Å². The Hall–Kier alpha value is -0.580. The van der Waals surface area contributed by atoms with Gasteiger partial charge in [-0.2, -0.15) is 0 Å². The molecule has 0 rings (SSSR count). The number of methoxy groups -OCH3 is 1. The Bertz CT molecular complexity index is 215. The lowest BCUT2D eigenvalue weighted by molar-refractivity contribution is -0.140. The van der Waals surface area contributed by atoms with Crippen LogP contribution in [0.25, 0.3) is 0 Å². The molecule has 0 aromatic heterocycles. The second-order valence-electron chi connectivity index (χ2n) is 3.15. The second kappa shape index (κ2) is 8.99. The fraction of sp³-hybridized carbons (Fsp3) is 0.889. The van der Waals surface area contributed by atoms with Gasteiger partial charge in [-0.25, -0.2) is 8.42 Å². The van der Waals surface area contributed by atoms with Crippen LogP contribution in [-0.4, -0.2) is 27.2 Å². The first-order valence-corrected chi connectivity index (χ1v) is 6.21. The molecule has 0 aromatic carbocycles. The first kappa shape index (κ1) is 13.4. The Labute approximate surface area is 86.6 Å². The number of ether oxygens (including phenoxy) is 1. The summed E-state index contributed by atoms with van der Waals surface area (Å²) in [6.45, 7) is 0. The number of rotatable bonds is 8. The van der Waals surface area contributed by atoms with E-state index in [4.69, 9.17) is 0 Å². The summed E-state index contributed by atoms with van der Waals surface area (Å²) in [4.78, 5) is 10.7. The summed E-state index contributed by atoms with van der Waals surface area (Å²) < 4.78 is 24.9. The number of hydrogen-bond donors (Lipinski definition) is 1. The van der Waals surface area contributed by atoms with Crippen LogP contribution < -0.4 is 0 Å². The van der Waals surface area contributed by atoms with E-state index in [0.717, 1.165) is 32.1 Å². The van der Waals surface area contributed by atoms with E-state index in [0.29, 0.717) is 6.42 Å². The number of thiol groups is 1. The molecule has 14 heavy (non-hydrogen) atoms. The van der Waals surface area contributed by atoms with Crippen LogP contribution in [0, 0.1) is 0 Å². The number of esters is 1. The Balaban J connectivity index is 3.10. The van der Waals surface area contributed by atoms with E-state index in [1.807, 2.05) is 0 Å². The lowest BCUT2D eigenvalue weighted by atomic mass is 10.1. The van der Waals surface area contributed by atoms with E-state index in [1.54, 1.807) is 0 Å². The zero-order chi connectivity index (χ0) is 10.8. The third kappa shape index (κ3) is 9.51. The summed E-state index contributed by atoms with van der Waals surface area (Å²) in [7, 11) is -0.830. The van der Waals surface area contributed by atoms with Gasteiger partial charge >= 0.3 is 5.97 Å². The highest BCUT2D eigenvalue weighted by Crippen LogP contribution is 2.05. The molecule has 0 unspecified atom stereocenters. The molecule has 0 aliphatic rings. The fourth-order valence-electron chi connectivity index (χ4n) is 1.14. The zero-order valence-corrected chi connectivity index (χ0v) is 9.42. The molecule has 5 heteroatoms. The SMILES string of the molecule is COC(=O)CCCCCCC[SH](=O)=O. The van der Waals surface area contributed by atoms with E-state index in [2.05, 4.69) is 4.74 Å². The minimum atomic E-state index is -2.21. The van der Waals surface area contributed by atoms with Crippen molar-refractivity contribution < 1.29 is 17.9 Å². The van der Waals surface area contributed by atoms with Crippen molar-refractivity contribution in [1.29, 1.82) is 0 Å². The summed E-state index contributed by atoms with van der Waals surface area (Å²) in [5.41, 5.74) is 0. The summed E-state index contributed by atoms with van der Waals surface area (Å²) in [6.07, 6.45) is 4.90. The summed E-state index contributed by atoms with van der Waals surface area (Å²) >= 11 is 0. The van der Waals surface area contributed by atoms with E-state index in [9.17, 15) is 13.2 Å². The topological polar surface area (TPSA) is 60.4 Å². The van der Waals surface area contributed by atoms with Gasteiger partial charge in [-0.1, -0.05) is 19.3 Å². The highest BCUT2D eigenvalue weighted by Gasteiger charge is 1.98. The summed E-state index contributed by atoms with van der Waals surface area (Å²) in [6, 6.07) is 0. The van der Waals surface area contributed by atoms with Crippen LogP contribution >= 0.6 is 0 Å². The molecule has 84 valence electrons. The molecule has 0 aliphatic carbocycles. The first-order valence-electron chi connectivity index (χ1n) is 4.85. The number of carbonyl (C=O) groups is 1. The molecule has 0 atom stereocenters. The summed E-state index contributed by atoms with van der Waals surface area (Å²) in [5, 5.41) is 0. The van der Waals surface area contributed by atoms with Crippen molar-refractivity contribution in [2.45, 2.75) is 38.5 Å². The molecule has 0 aliphatic heterocycles. The standard InChI is InChI=1S/C9H18O4S/c1-13-9(10)7-5-3-2-4-6-8-14(11)12/h14H,2-8H2,1H3. The summed E-state index contributed by atoms with van der Waals surface area (Å²) in [5.74, 6) is 0.111. The van der Waals surface area contributed by atoms with Crippen LogP contribution in [0.15, 0.2) is 0 Å². The molecule has 0 radical (unpaired) electrons. The first-order chi connectivity index (χ1) is 6.66. The van der Waals surface area contributed by atoms with Crippen molar-refractivity contribution in [2.24, 2.45) is 0 Å².